The molecule has 2 aromatic rings. The van der Waals surface area contributed by atoms with Gasteiger partial charge in [-0.05, 0) is 29.8 Å². The van der Waals surface area contributed by atoms with Gasteiger partial charge in [0, 0.05) is 18.1 Å². The molecule has 1 N–H and O–H groups in total. The van der Waals surface area contributed by atoms with Crippen LogP contribution in [0.3, 0.4) is 0 Å². The van der Waals surface area contributed by atoms with Gasteiger partial charge < -0.3 is 10.1 Å². The fourth-order valence-corrected chi connectivity index (χ4v) is 1.81. The van der Waals surface area contributed by atoms with Gasteiger partial charge in [-0.1, -0.05) is 30.3 Å². The lowest BCUT2D eigenvalue weighted by Gasteiger charge is -2.09. The number of rotatable bonds is 6. The molecule has 2 rings (SSSR count). The van der Waals surface area contributed by atoms with Crippen LogP contribution < -0.4 is 10.1 Å². The molecule has 18 heavy (non-hydrogen) atoms. The van der Waals surface area contributed by atoms with Crippen LogP contribution in [0.25, 0.3) is 0 Å². The van der Waals surface area contributed by atoms with E-state index in [2.05, 4.69) is 11.4 Å². The molecule has 3 heteroatoms. The molecule has 0 radical (unpaired) electrons. The van der Waals surface area contributed by atoms with E-state index in [1.807, 2.05) is 48.5 Å². The second-order valence-electron chi connectivity index (χ2n) is 3.92. The van der Waals surface area contributed by atoms with Gasteiger partial charge in [0.15, 0.2) is 0 Å². The topological polar surface area (TPSA) is 21.3 Å². The molecule has 0 spiro atoms. The van der Waals surface area contributed by atoms with E-state index in [9.17, 15) is 0 Å². The van der Waals surface area contributed by atoms with E-state index in [4.69, 9.17) is 16.3 Å². The Bertz CT molecular complexity index is 473. The van der Waals surface area contributed by atoms with Crippen molar-refractivity contribution in [3.05, 3.63) is 60.2 Å². The first-order chi connectivity index (χ1) is 8.88. The molecule has 0 bridgehead atoms. The lowest BCUT2D eigenvalue weighted by molar-refractivity contribution is 0.333. The number of hydrogen-bond donors (Lipinski definition) is 1. The minimum Gasteiger partial charge on any atom is -0.492 e. The molecule has 0 amide bonds. The standard InChI is InChI=1S/C15H16ClNO/c16-12-13-5-4-6-14(11-13)17-9-10-18-15-7-2-1-3-8-15/h1-8,11,17H,9-10,12H2. The molecule has 0 aliphatic rings. The van der Waals surface area contributed by atoms with Crippen LogP contribution in [0.5, 0.6) is 5.75 Å². The van der Waals surface area contributed by atoms with Crippen LogP contribution in [0.15, 0.2) is 54.6 Å². The monoisotopic (exact) mass is 261 g/mol. The maximum Gasteiger partial charge on any atom is 0.119 e. The van der Waals surface area contributed by atoms with Gasteiger partial charge in [-0.2, -0.15) is 0 Å². The van der Waals surface area contributed by atoms with E-state index in [1.165, 1.54) is 0 Å². The van der Waals surface area contributed by atoms with E-state index < -0.39 is 0 Å². The third kappa shape index (κ3) is 3.97. The fourth-order valence-electron chi connectivity index (χ4n) is 1.65. The zero-order valence-corrected chi connectivity index (χ0v) is 10.9. The summed E-state index contributed by atoms with van der Waals surface area (Å²) in [5, 5.41) is 3.31. The molecular weight excluding hydrogens is 246 g/mol. The van der Waals surface area contributed by atoms with Crippen molar-refractivity contribution in [1.82, 2.24) is 0 Å². The average Bonchev–Trinajstić information content (AvgIpc) is 2.45. The number of ether oxygens (including phenoxy) is 1. The van der Waals surface area contributed by atoms with Gasteiger partial charge in [-0.25, -0.2) is 0 Å². The summed E-state index contributed by atoms with van der Waals surface area (Å²) in [5.41, 5.74) is 2.19. The van der Waals surface area contributed by atoms with Gasteiger partial charge in [0.25, 0.3) is 0 Å². The second-order valence-corrected chi connectivity index (χ2v) is 4.19. The second kappa shape index (κ2) is 6.92. The predicted molar refractivity (Wildman–Crippen MR) is 76.4 cm³/mol. The largest absolute Gasteiger partial charge is 0.492 e. The first-order valence-corrected chi connectivity index (χ1v) is 6.48. The Morgan fingerprint density at radius 3 is 2.61 bits per heavy atom. The van der Waals surface area contributed by atoms with Gasteiger partial charge in [-0.15, -0.1) is 11.6 Å². The Kier molecular flexibility index (Phi) is 4.91. The summed E-state index contributed by atoms with van der Waals surface area (Å²) in [5.74, 6) is 1.43. The molecule has 2 aromatic carbocycles. The van der Waals surface area contributed by atoms with Crippen molar-refractivity contribution in [3.8, 4) is 5.75 Å². The van der Waals surface area contributed by atoms with Gasteiger partial charge >= 0.3 is 0 Å². The Morgan fingerprint density at radius 2 is 1.83 bits per heavy atom. The number of halogens is 1. The number of hydrogen-bond acceptors (Lipinski definition) is 2. The zero-order valence-electron chi connectivity index (χ0n) is 10.1. The highest BCUT2D eigenvalue weighted by Gasteiger charge is 1.95. The van der Waals surface area contributed by atoms with Crippen LogP contribution in [0.2, 0.25) is 0 Å². The SMILES string of the molecule is ClCc1cccc(NCCOc2ccccc2)c1. The maximum atomic E-state index is 5.79. The summed E-state index contributed by atoms with van der Waals surface area (Å²) in [6.07, 6.45) is 0. The third-order valence-corrected chi connectivity index (χ3v) is 2.83. The van der Waals surface area contributed by atoms with Crippen molar-refractivity contribution in [2.75, 3.05) is 18.5 Å². The highest BCUT2D eigenvalue weighted by Crippen LogP contribution is 2.12. The Labute approximate surface area is 113 Å². The van der Waals surface area contributed by atoms with Gasteiger partial charge in [0.05, 0.1) is 0 Å². The van der Waals surface area contributed by atoms with Crippen LogP contribution in [0.4, 0.5) is 5.69 Å². The number of anilines is 1. The maximum absolute atomic E-state index is 5.79. The molecule has 2 nitrogen and oxygen atoms in total. The van der Waals surface area contributed by atoms with E-state index >= 15 is 0 Å². The first-order valence-electron chi connectivity index (χ1n) is 5.95. The fraction of sp³-hybridized carbons (Fsp3) is 0.200. The average molecular weight is 262 g/mol. The normalized spacial score (nSPS) is 10.1. The molecule has 0 unspecified atom stereocenters. The summed E-state index contributed by atoms with van der Waals surface area (Å²) >= 11 is 5.79. The van der Waals surface area contributed by atoms with Crippen LogP contribution in [-0.4, -0.2) is 13.2 Å². The van der Waals surface area contributed by atoms with Crippen molar-refractivity contribution in [1.29, 1.82) is 0 Å². The summed E-state index contributed by atoms with van der Waals surface area (Å²) in [4.78, 5) is 0. The van der Waals surface area contributed by atoms with E-state index in [0.29, 0.717) is 12.5 Å². The van der Waals surface area contributed by atoms with Crippen LogP contribution in [-0.2, 0) is 5.88 Å². The molecule has 0 aliphatic heterocycles. The summed E-state index contributed by atoms with van der Waals surface area (Å²) < 4.78 is 5.60. The van der Waals surface area contributed by atoms with Crippen LogP contribution >= 0.6 is 11.6 Å². The predicted octanol–water partition coefficient (Wildman–Crippen LogP) is 3.92. The lowest BCUT2D eigenvalue weighted by Crippen LogP contribution is -2.11. The molecule has 94 valence electrons. The molecule has 0 aromatic heterocycles. The number of alkyl halides is 1. The van der Waals surface area contributed by atoms with E-state index in [-0.39, 0.29) is 0 Å². The highest BCUT2D eigenvalue weighted by molar-refractivity contribution is 6.17. The number of para-hydroxylation sites is 1. The summed E-state index contributed by atoms with van der Waals surface area (Å²) in [6.45, 7) is 1.40. The first kappa shape index (κ1) is 12.8. The van der Waals surface area contributed by atoms with Crippen molar-refractivity contribution in [3.63, 3.8) is 0 Å². The minimum atomic E-state index is 0.538. The van der Waals surface area contributed by atoms with E-state index in [1.54, 1.807) is 0 Å². The molecule has 0 saturated heterocycles. The number of nitrogens with one attached hydrogen (secondary N) is 1. The summed E-state index contributed by atoms with van der Waals surface area (Å²) in [7, 11) is 0. The quantitative estimate of drug-likeness (QED) is 0.629. The Balaban J connectivity index is 1.75. The zero-order chi connectivity index (χ0) is 12.6. The van der Waals surface area contributed by atoms with Crippen molar-refractivity contribution in [2.45, 2.75) is 5.88 Å². The third-order valence-electron chi connectivity index (χ3n) is 2.52. The molecular formula is C15H16ClNO. The van der Waals surface area contributed by atoms with Gasteiger partial charge in [0.2, 0.25) is 0 Å². The van der Waals surface area contributed by atoms with Crippen LogP contribution in [0, 0.1) is 0 Å². The highest BCUT2D eigenvalue weighted by atomic mass is 35.5. The van der Waals surface area contributed by atoms with Crippen molar-refractivity contribution < 1.29 is 4.74 Å². The Hall–Kier alpha value is -1.67. The van der Waals surface area contributed by atoms with Crippen molar-refractivity contribution in [2.24, 2.45) is 0 Å². The molecule has 0 aliphatic carbocycles. The lowest BCUT2D eigenvalue weighted by atomic mass is 10.2. The smallest absolute Gasteiger partial charge is 0.119 e. The minimum absolute atomic E-state index is 0.538. The number of benzene rings is 2. The Morgan fingerprint density at radius 1 is 1.00 bits per heavy atom. The molecule has 0 saturated carbocycles. The van der Waals surface area contributed by atoms with Crippen molar-refractivity contribution >= 4 is 17.3 Å². The molecule has 0 atom stereocenters. The molecule has 0 heterocycles. The van der Waals surface area contributed by atoms with Crippen LogP contribution in [0.1, 0.15) is 5.56 Å². The molecule has 0 fully saturated rings. The van der Waals surface area contributed by atoms with Gasteiger partial charge in [-0.3, -0.25) is 0 Å². The van der Waals surface area contributed by atoms with Gasteiger partial charge in [0.1, 0.15) is 12.4 Å². The summed E-state index contributed by atoms with van der Waals surface area (Å²) in [6, 6.07) is 17.9. The van der Waals surface area contributed by atoms with E-state index in [0.717, 1.165) is 23.5 Å².